The van der Waals surface area contributed by atoms with Crippen LogP contribution in [0.4, 0.5) is 4.39 Å². The Hall–Kier alpha value is -0.110. The van der Waals surface area contributed by atoms with Gasteiger partial charge in [-0.1, -0.05) is 27.7 Å². The predicted octanol–water partition coefficient (Wildman–Crippen LogP) is 3.88. The van der Waals surface area contributed by atoms with Gasteiger partial charge < -0.3 is 4.90 Å². The van der Waals surface area contributed by atoms with Crippen molar-refractivity contribution in [2.24, 2.45) is 17.3 Å². The summed E-state index contributed by atoms with van der Waals surface area (Å²) in [4.78, 5) is 2.36. The molecule has 0 amide bonds. The zero-order valence-electron chi connectivity index (χ0n) is 11.9. The van der Waals surface area contributed by atoms with Gasteiger partial charge in [0.1, 0.15) is 5.67 Å². The van der Waals surface area contributed by atoms with E-state index in [9.17, 15) is 4.39 Å². The van der Waals surface area contributed by atoms with E-state index in [2.05, 4.69) is 32.6 Å². The van der Waals surface area contributed by atoms with E-state index in [1.165, 1.54) is 12.8 Å². The smallest absolute Gasteiger partial charge is 0.123 e. The van der Waals surface area contributed by atoms with E-state index in [0.717, 1.165) is 37.8 Å². The predicted molar refractivity (Wildman–Crippen MR) is 70.9 cm³/mol. The number of hydrogen-bond acceptors (Lipinski definition) is 1. The lowest BCUT2D eigenvalue weighted by atomic mass is 9.63. The van der Waals surface area contributed by atoms with E-state index < -0.39 is 5.67 Å². The Balaban J connectivity index is 1.91. The first-order chi connectivity index (χ1) is 7.88. The Morgan fingerprint density at radius 2 is 1.41 bits per heavy atom. The Bertz CT molecular complexity index is 250. The SMILES string of the molecule is CC(C)C1(C(C)C)CCN(CC2(F)CC2)CC1. The summed E-state index contributed by atoms with van der Waals surface area (Å²) in [6, 6.07) is 0. The highest BCUT2D eigenvalue weighted by Crippen LogP contribution is 2.46. The fourth-order valence-electron chi connectivity index (χ4n) is 3.64. The standard InChI is InChI=1S/C15H28FN/c1-12(2)15(13(3)4)7-9-17(10-8-15)11-14(16)5-6-14/h12-13H,5-11H2,1-4H3. The maximum absolute atomic E-state index is 13.8. The third-order valence-electron chi connectivity index (χ3n) is 5.39. The summed E-state index contributed by atoms with van der Waals surface area (Å²) >= 11 is 0. The van der Waals surface area contributed by atoms with Crippen molar-refractivity contribution in [1.82, 2.24) is 4.90 Å². The van der Waals surface area contributed by atoms with E-state index in [-0.39, 0.29) is 0 Å². The second-order valence-electron chi connectivity index (χ2n) is 6.97. The molecule has 0 unspecified atom stereocenters. The van der Waals surface area contributed by atoms with E-state index in [0.29, 0.717) is 12.0 Å². The Kier molecular flexibility index (Phi) is 3.55. The van der Waals surface area contributed by atoms with Crippen LogP contribution < -0.4 is 0 Å². The molecule has 2 aliphatic rings. The molecule has 2 fully saturated rings. The van der Waals surface area contributed by atoms with Gasteiger partial charge in [-0.2, -0.15) is 0 Å². The lowest BCUT2D eigenvalue weighted by Crippen LogP contribution is -2.47. The van der Waals surface area contributed by atoms with Crippen molar-refractivity contribution in [2.45, 2.75) is 59.0 Å². The summed E-state index contributed by atoms with van der Waals surface area (Å²) < 4.78 is 13.8. The molecule has 1 heterocycles. The molecule has 17 heavy (non-hydrogen) atoms. The van der Waals surface area contributed by atoms with Gasteiger partial charge in [-0.05, 0) is 56.0 Å². The number of hydrogen-bond donors (Lipinski definition) is 0. The first-order valence-corrected chi connectivity index (χ1v) is 7.29. The molecule has 0 atom stereocenters. The van der Waals surface area contributed by atoms with Crippen LogP contribution in [0.15, 0.2) is 0 Å². The van der Waals surface area contributed by atoms with E-state index in [1.54, 1.807) is 0 Å². The van der Waals surface area contributed by atoms with Gasteiger partial charge in [-0.25, -0.2) is 4.39 Å². The molecule has 0 N–H and O–H groups in total. The summed E-state index contributed by atoms with van der Waals surface area (Å²) in [6.07, 6.45) is 4.09. The number of halogens is 1. The molecule has 0 aromatic carbocycles. The molecule has 1 nitrogen and oxygen atoms in total. The molecule has 2 rings (SSSR count). The molecule has 1 saturated carbocycles. The molecule has 0 aromatic heterocycles. The van der Waals surface area contributed by atoms with Crippen LogP contribution in [-0.4, -0.2) is 30.2 Å². The normalized spacial score (nSPS) is 27.7. The van der Waals surface area contributed by atoms with E-state index in [1.807, 2.05) is 0 Å². The average molecular weight is 241 g/mol. The Morgan fingerprint density at radius 1 is 0.941 bits per heavy atom. The van der Waals surface area contributed by atoms with Gasteiger partial charge in [0.2, 0.25) is 0 Å². The second kappa shape index (κ2) is 4.53. The highest BCUT2D eigenvalue weighted by atomic mass is 19.1. The fourth-order valence-corrected chi connectivity index (χ4v) is 3.64. The Morgan fingerprint density at radius 3 is 1.76 bits per heavy atom. The minimum absolute atomic E-state index is 0.490. The highest BCUT2D eigenvalue weighted by Gasteiger charge is 2.46. The molecule has 1 saturated heterocycles. The van der Waals surface area contributed by atoms with Gasteiger partial charge in [-0.15, -0.1) is 0 Å². The summed E-state index contributed by atoms with van der Waals surface area (Å²) in [6.45, 7) is 12.3. The van der Waals surface area contributed by atoms with Crippen molar-refractivity contribution in [3.63, 3.8) is 0 Å². The first kappa shape index (κ1) is 13.3. The molecule has 100 valence electrons. The quantitative estimate of drug-likeness (QED) is 0.722. The lowest BCUT2D eigenvalue weighted by molar-refractivity contribution is 0.00976. The lowest BCUT2D eigenvalue weighted by Gasteiger charge is -2.48. The van der Waals surface area contributed by atoms with Crippen molar-refractivity contribution in [3.8, 4) is 0 Å². The molecule has 1 aliphatic heterocycles. The minimum atomic E-state index is -0.810. The molecule has 0 radical (unpaired) electrons. The molecular formula is C15H28FN. The number of nitrogens with zero attached hydrogens (tertiary/aromatic N) is 1. The van der Waals surface area contributed by atoms with Gasteiger partial charge in [0.15, 0.2) is 0 Å². The van der Waals surface area contributed by atoms with Gasteiger partial charge in [0, 0.05) is 6.54 Å². The van der Waals surface area contributed by atoms with Crippen molar-refractivity contribution < 1.29 is 4.39 Å². The van der Waals surface area contributed by atoms with Gasteiger partial charge in [0.25, 0.3) is 0 Å². The van der Waals surface area contributed by atoms with Crippen LogP contribution in [0.2, 0.25) is 0 Å². The maximum Gasteiger partial charge on any atom is 0.123 e. The fraction of sp³-hybridized carbons (Fsp3) is 1.00. The summed E-state index contributed by atoms with van der Waals surface area (Å²) in [5, 5.41) is 0. The van der Waals surface area contributed by atoms with Crippen LogP contribution in [-0.2, 0) is 0 Å². The summed E-state index contributed by atoms with van der Waals surface area (Å²) in [5.74, 6) is 1.48. The first-order valence-electron chi connectivity index (χ1n) is 7.29. The van der Waals surface area contributed by atoms with Crippen molar-refractivity contribution in [1.29, 1.82) is 0 Å². The van der Waals surface area contributed by atoms with Gasteiger partial charge in [-0.3, -0.25) is 0 Å². The van der Waals surface area contributed by atoms with Crippen LogP contribution in [0.1, 0.15) is 53.4 Å². The topological polar surface area (TPSA) is 3.24 Å². The van der Waals surface area contributed by atoms with Crippen LogP contribution in [0.5, 0.6) is 0 Å². The Labute approximate surface area is 106 Å². The number of likely N-dealkylation sites (tertiary alicyclic amines) is 1. The van der Waals surface area contributed by atoms with Crippen molar-refractivity contribution in [3.05, 3.63) is 0 Å². The van der Waals surface area contributed by atoms with E-state index in [4.69, 9.17) is 0 Å². The van der Waals surface area contributed by atoms with Crippen LogP contribution >= 0.6 is 0 Å². The number of alkyl halides is 1. The minimum Gasteiger partial charge on any atom is -0.300 e. The molecule has 2 heteroatoms. The molecular weight excluding hydrogens is 213 g/mol. The van der Waals surface area contributed by atoms with E-state index >= 15 is 0 Å². The van der Waals surface area contributed by atoms with Crippen LogP contribution in [0.3, 0.4) is 0 Å². The van der Waals surface area contributed by atoms with Crippen LogP contribution in [0, 0.1) is 17.3 Å². The number of rotatable bonds is 4. The maximum atomic E-state index is 13.8. The zero-order chi connectivity index (χ0) is 12.7. The third kappa shape index (κ3) is 2.67. The van der Waals surface area contributed by atoms with Crippen molar-refractivity contribution >= 4 is 0 Å². The van der Waals surface area contributed by atoms with Gasteiger partial charge >= 0.3 is 0 Å². The van der Waals surface area contributed by atoms with Gasteiger partial charge in [0.05, 0.1) is 0 Å². The zero-order valence-corrected chi connectivity index (χ0v) is 11.9. The van der Waals surface area contributed by atoms with Crippen LogP contribution in [0.25, 0.3) is 0 Å². The van der Waals surface area contributed by atoms with Crippen molar-refractivity contribution in [2.75, 3.05) is 19.6 Å². The summed E-state index contributed by atoms with van der Waals surface area (Å²) in [7, 11) is 0. The molecule has 0 spiro atoms. The summed E-state index contributed by atoms with van der Waals surface area (Å²) in [5.41, 5.74) is -0.320. The average Bonchev–Trinajstić information content (AvgIpc) is 2.96. The second-order valence-corrected chi connectivity index (χ2v) is 6.97. The number of piperidine rings is 1. The third-order valence-corrected chi connectivity index (χ3v) is 5.39. The largest absolute Gasteiger partial charge is 0.300 e. The molecule has 1 aliphatic carbocycles. The monoisotopic (exact) mass is 241 g/mol. The highest BCUT2D eigenvalue weighted by molar-refractivity contribution is 4.99. The molecule has 0 bridgehead atoms. The molecule has 0 aromatic rings.